The van der Waals surface area contributed by atoms with E-state index in [1.54, 1.807) is 10.7 Å². The van der Waals surface area contributed by atoms with Crippen LogP contribution in [0.5, 0.6) is 0 Å². The molecule has 0 aliphatic rings. The zero-order chi connectivity index (χ0) is 19.6. The molecule has 7 nitrogen and oxygen atoms in total. The van der Waals surface area contributed by atoms with Crippen molar-refractivity contribution in [1.29, 1.82) is 0 Å². The normalized spacial score (nSPS) is 11.1. The summed E-state index contributed by atoms with van der Waals surface area (Å²) in [4.78, 5) is 12.5. The lowest BCUT2D eigenvalue weighted by atomic mass is 10.2. The number of halogens is 1. The molecule has 9 heteroatoms. The fourth-order valence-electron chi connectivity index (χ4n) is 2.85. The standard InChI is InChI=1S/C18H18ClN5O2S/c1-13-20-22(18(27)23(13)15-6-4-3-5-7-15)12-21(2)11-14-10-16(24(25)26)8-9-17(14)19/h3-10H,11-12H2,1-2H3. The number of hydrogen-bond donors (Lipinski definition) is 0. The van der Waals surface area contributed by atoms with Crippen molar-refractivity contribution in [3.63, 3.8) is 0 Å². The molecule has 0 saturated heterocycles. The molecule has 0 aliphatic heterocycles. The Hall–Kier alpha value is -2.55. The molecule has 0 unspecified atom stereocenters. The van der Waals surface area contributed by atoms with Crippen LogP contribution in [0.25, 0.3) is 5.69 Å². The molecule has 140 valence electrons. The molecule has 1 aromatic heterocycles. The number of hydrogen-bond acceptors (Lipinski definition) is 5. The van der Waals surface area contributed by atoms with E-state index in [0.29, 0.717) is 28.6 Å². The van der Waals surface area contributed by atoms with Crippen molar-refractivity contribution in [2.45, 2.75) is 20.1 Å². The molecule has 0 bridgehead atoms. The van der Waals surface area contributed by atoms with E-state index in [9.17, 15) is 10.1 Å². The van der Waals surface area contributed by atoms with E-state index in [-0.39, 0.29) is 5.69 Å². The van der Waals surface area contributed by atoms with Crippen molar-refractivity contribution >= 4 is 29.5 Å². The average molecular weight is 404 g/mol. The number of benzene rings is 2. The van der Waals surface area contributed by atoms with Crippen LogP contribution in [0.2, 0.25) is 5.02 Å². The van der Waals surface area contributed by atoms with Crippen LogP contribution in [0, 0.1) is 21.8 Å². The molecule has 3 aromatic rings. The summed E-state index contributed by atoms with van der Waals surface area (Å²) in [6, 6.07) is 14.2. The highest BCUT2D eigenvalue weighted by molar-refractivity contribution is 7.71. The Labute approximate surface area is 166 Å². The molecule has 0 N–H and O–H groups in total. The maximum atomic E-state index is 11.0. The first-order valence-corrected chi connectivity index (χ1v) is 8.98. The minimum atomic E-state index is -0.430. The van der Waals surface area contributed by atoms with Crippen molar-refractivity contribution < 1.29 is 4.92 Å². The second-order valence-corrected chi connectivity index (χ2v) is 6.96. The Kier molecular flexibility index (Phi) is 5.69. The third-order valence-corrected chi connectivity index (χ3v) is 4.83. The lowest BCUT2D eigenvalue weighted by molar-refractivity contribution is -0.384. The third-order valence-electron chi connectivity index (χ3n) is 4.07. The highest BCUT2D eigenvalue weighted by Gasteiger charge is 2.14. The molecule has 3 rings (SSSR count). The minimum absolute atomic E-state index is 0.0172. The van der Waals surface area contributed by atoms with Gasteiger partial charge in [-0.15, -0.1) is 0 Å². The monoisotopic (exact) mass is 403 g/mol. The van der Waals surface area contributed by atoms with Crippen molar-refractivity contribution in [3.8, 4) is 5.69 Å². The lowest BCUT2D eigenvalue weighted by Gasteiger charge is -2.17. The van der Waals surface area contributed by atoms with Crippen LogP contribution in [-0.2, 0) is 13.2 Å². The van der Waals surface area contributed by atoms with Crippen LogP contribution < -0.4 is 0 Å². The van der Waals surface area contributed by atoms with Gasteiger partial charge in [-0.3, -0.25) is 19.6 Å². The van der Waals surface area contributed by atoms with Gasteiger partial charge in [-0.05, 0) is 50.0 Å². The predicted octanol–water partition coefficient (Wildman–Crippen LogP) is 4.36. The molecule has 0 radical (unpaired) electrons. The van der Waals surface area contributed by atoms with Gasteiger partial charge in [0.05, 0.1) is 11.6 Å². The summed E-state index contributed by atoms with van der Waals surface area (Å²) in [5.74, 6) is 0.785. The summed E-state index contributed by atoms with van der Waals surface area (Å²) < 4.78 is 4.21. The molecule has 2 aromatic carbocycles. The van der Waals surface area contributed by atoms with Gasteiger partial charge < -0.3 is 0 Å². The van der Waals surface area contributed by atoms with Gasteiger partial charge in [0.25, 0.3) is 5.69 Å². The maximum Gasteiger partial charge on any atom is 0.269 e. The highest BCUT2D eigenvalue weighted by Crippen LogP contribution is 2.23. The SMILES string of the molecule is Cc1nn(CN(C)Cc2cc([N+](=O)[O-])ccc2Cl)c(=S)n1-c1ccccc1. The maximum absolute atomic E-state index is 11.0. The highest BCUT2D eigenvalue weighted by atomic mass is 35.5. The van der Waals surface area contributed by atoms with Crippen molar-refractivity contribution in [2.75, 3.05) is 7.05 Å². The predicted molar refractivity (Wildman–Crippen MR) is 107 cm³/mol. The van der Waals surface area contributed by atoms with Gasteiger partial charge in [-0.25, -0.2) is 4.68 Å². The van der Waals surface area contributed by atoms with Crippen molar-refractivity contribution in [1.82, 2.24) is 19.2 Å². The summed E-state index contributed by atoms with van der Waals surface area (Å²) in [6.45, 7) is 2.76. The molecule has 0 aliphatic carbocycles. The van der Waals surface area contributed by atoms with Crippen molar-refractivity contribution in [2.24, 2.45) is 0 Å². The zero-order valence-corrected chi connectivity index (χ0v) is 16.4. The minimum Gasteiger partial charge on any atom is -0.283 e. The first-order chi connectivity index (χ1) is 12.9. The smallest absolute Gasteiger partial charge is 0.269 e. The molecule has 27 heavy (non-hydrogen) atoms. The van der Waals surface area contributed by atoms with Gasteiger partial charge in [0.1, 0.15) is 5.82 Å². The Morgan fingerprint density at radius 3 is 2.63 bits per heavy atom. The van der Waals surface area contributed by atoms with E-state index >= 15 is 0 Å². The van der Waals surface area contributed by atoms with E-state index < -0.39 is 4.92 Å². The van der Waals surface area contributed by atoms with Gasteiger partial charge in [0, 0.05) is 29.4 Å². The summed E-state index contributed by atoms with van der Waals surface area (Å²) in [5, 5.41) is 16.0. The van der Waals surface area contributed by atoms with Crippen LogP contribution in [0.1, 0.15) is 11.4 Å². The Bertz CT molecular complexity index is 1030. The molecule has 0 amide bonds. The number of aromatic nitrogens is 3. The largest absolute Gasteiger partial charge is 0.283 e. The number of nitro benzene ring substituents is 1. The van der Waals surface area contributed by atoms with Gasteiger partial charge >= 0.3 is 0 Å². The van der Waals surface area contributed by atoms with E-state index in [2.05, 4.69) is 5.10 Å². The number of rotatable bonds is 6. The Balaban J connectivity index is 1.82. The van der Waals surface area contributed by atoms with Crippen LogP contribution in [0.3, 0.4) is 0 Å². The summed E-state index contributed by atoms with van der Waals surface area (Å²) >= 11 is 11.8. The number of aryl methyl sites for hydroxylation is 1. The van der Waals surface area contributed by atoms with Crippen molar-refractivity contribution in [3.05, 3.63) is 79.8 Å². The van der Waals surface area contributed by atoms with E-state index in [4.69, 9.17) is 23.8 Å². The second kappa shape index (κ2) is 7.99. The molecular weight excluding hydrogens is 386 g/mol. The average Bonchev–Trinajstić information content (AvgIpc) is 2.90. The Morgan fingerprint density at radius 1 is 1.26 bits per heavy atom. The second-order valence-electron chi connectivity index (χ2n) is 6.19. The molecule has 1 heterocycles. The molecule has 0 spiro atoms. The molecule has 0 atom stereocenters. The number of nitro groups is 1. The number of non-ortho nitro benzene ring substituents is 1. The van der Waals surface area contributed by atoms with E-state index in [1.165, 1.54) is 12.1 Å². The van der Waals surface area contributed by atoms with Crippen LogP contribution in [0.15, 0.2) is 48.5 Å². The fourth-order valence-corrected chi connectivity index (χ4v) is 3.36. The van der Waals surface area contributed by atoms with Crippen LogP contribution >= 0.6 is 23.8 Å². The van der Waals surface area contributed by atoms with Gasteiger partial charge in [-0.2, -0.15) is 5.10 Å². The lowest BCUT2D eigenvalue weighted by Crippen LogP contribution is -2.23. The fraction of sp³-hybridized carbons (Fsp3) is 0.222. The summed E-state index contributed by atoms with van der Waals surface area (Å²) in [5.41, 5.74) is 1.65. The summed E-state index contributed by atoms with van der Waals surface area (Å²) in [6.07, 6.45) is 0. The van der Waals surface area contributed by atoms with E-state index in [0.717, 1.165) is 11.5 Å². The zero-order valence-electron chi connectivity index (χ0n) is 14.9. The summed E-state index contributed by atoms with van der Waals surface area (Å²) in [7, 11) is 1.88. The number of para-hydroxylation sites is 1. The van der Waals surface area contributed by atoms with Gasteiger partial charge in [0.2, 0.25) is 4.77 Å². The first kappa shape index (κ1) is 19.2. The van der Waals surface area contributed by atoms with Gasteiger partial charge in [-0.1, -0.05) is 29.8 Å². The number of nitrogens with zero attached hydrogens (tertiary/aromatic N) is 5. The first-order valence-electron chi connectivity index (χ1n) is 8.20. The van der Waals surface area contributed by atoms with Gasteiger partial charge in [0.15, 0.2) is 0 Å². The van der Waals surface area contributed by atoms with E-state index in [1.807, 2.05) is 53.8 Å². The Morgan fingerprint density at radius 2 is 1.96 bits per heavy atom. The molecule has 0 saturated carbocycles. The molecular formula is C18H18ClN5O2S. The van der Waals surface area contributed by atoms with Crippen LogP contribution in [0.4, 0.5) is 5.69 Å². The quantitative estimate of drug-likeness (QED) is 0.347. The third kappa shape index (κ3) is 4.24. The topological polar surface area (TPSA) is 69.1 Å². The molecule has 0 fully saturated rings. The van der Waals surface area contributed by atoms with Crippen LogP contribution in [-0.4, -0.2) is 31.2 Å².